The summed E-state index contributed by atoms with van der Waals surface area (Å²) in [5, 5.41) is 0.784. The number of carbonyl (C=O) groups is 1. The zero-order chi connectivity index (χ0) is 12.4. The van der Waals surface area contributed by atoms with Gasteiger partial charge in [-0.1, -0.05) is 18.2 Å². The van der Waals surface area contributed by atoms with Gasteiger partial charge in [-0.15, -0.1) is 0 Å². The van der Waals surface area contributed by atoms with E-state index in [-0.39, 0.29) is 12.4 Å². The highest BCUT2D eigenvalue weighted by Gasteiger charge is 2.25. The maximum atomic E-state index is 13.7. The molecule has 1 atom stereocenters. The van der Waals surface area contributed by atoms with Crippen molar-refractivity contribution in [2.75, 3.05) is 6.61 Å². The lowest BCUT2D eigenvalue weighted by atomic mass is 10.2. The molecule has 1 aromatic heterocycles. The molecule has 0 saturated carbocycles. The Morgan fingerprint density at radius 1 is 1.53 bits per heavy atom. The summed E-state index contributed by atoms with van der Waals surface area (Å²) in [5.74, 6) is -0.919. The lowest BCUT2D eigenvalue weighted by Gasteiger charge is -2.03. The first kappa shape index (κ1) is 11.6. The fourth-order valence-electron chi connectivity index (χ4n) is 1.69. The summed E-state index contributed by atoms with van der Waals surface area (Å²) >= 11 is 0. The molecule has 0 fully saturated rings. The lowest BCUT2D eigenvalue weighted by molar-refractivity contribution is -0.149. The smallest absolute Gasteiger partial charge is 0.348 e. The van der Waals surface area contributed by atoms with Crippen LogP contribution in [0.3, 0.4) is 0 Å². The van der Waals surface area contributed by atoms with Crippen LogP contribution in [0, 0.1) is 6.92 Å². The maximum absolute atomic E-state index is 13.7. The predicted octanol–water partition coefficient (Wildman–Crippen LogP) is 3.31. The number of benzene rings is 1. The van der Waals surface area contributed by atoms with Gasteiger partial charge in [-0.2, -0.15) is 0 Å². The summed E-state index contributed by atoms with van der Waals surface area (Å²) in [4.78, 5) is 11.2. The molecule has 0 aliphatic carbocycles. The lowest BCUT2D eigenvalue weighted by Crippen LogP contribution is -2.11. The van der Waals surface area contributed by atoms with E-state index < -0.39 is 12.1 Å². The minimum absolute atomic E-state index is 0.00671. The molecule has 0 spiro atoms. The van der Waals surface area contributed by atoms with Gasteiger partial charge in [-0.25, -0.2) is 9.18 Å². The van der Waals surface area contributed by atoms with Crippen LogP contribution in [0.15, 0.2) is 28.7 Å². The number of fused-ring (bicyclic) bond motifs is 1. The molecule has 2 aromatic rings. The second-order valence-electron chi connectivity index (χ2n) is 3.76. The first-order chi connectivity index (χ1) is 8.13. The molecular weight excluding hydrogens is 223 g/mol. The van der Waals surface area contributed by atoms with Gasteiger partial charge < -0.3 is 9.15 Å². The topological polar surface area (TPSA) is 39.4 Å². The van der Waals surface area contributed by atoms with Crippen molar-refractivity contribution in [2.24, 2.45) is 0 Å². The van der Waals surface area contributed by atoms with Crippen molar-refractivity contribution in [2.45, 2.75) is 20.0 Å². The highest BCUT2D eigenvalue weighted by Crippen LogP contribution is 2.28. The van der Waals surface area contributed by atoms with E-state index in [0.717, 1.165) is 10.9 Å². The van der Waals surface area contributed by atoms with Crippen LogP contribution in [0.2, 0.25) is 0 Å². The van der Waals surface area contributed by atoms with Crippen molar-refractivity contribution < 1.29 is 18.3 Å². The second kappa shape index (κ2) is 4.57. The minimum atomic E-state index is -1.86. The van der Waals surface area contributed by atoms with Crippen molar-refractivity contribution in [3.8, 4) is 0 Å². The molecule has 0 aliphatic rings. The third-order valence-corrected chi connectivity index (χ3v) is 2.50. The van der Waals surface area contributed by atoms with E-state index in [0.29, 0.717) is 5.58 Å². The Morgan fingerprint density at radius 2 is 2.29 bits per heavy atom. The monoisotopic (exact) mass is 236 g/mol. The molecule has 0 amide bonds. The summed E-state index contributed by atoms with van der Waals surface area (Å²) in [6.45, 7) is 3.65. The predicted molar refractivity (Wildman–Crippen MR) is 61.4 cm³/mol. The number of aryl methyl sites for hydroxylation is 1. The number of alkyl halides is 1. The zero-order valence-corrected chi connectivity index (χ0v) is 9.70. The Balaban J connectivity index is 2.36. The number of halogens is 1. The third-order valence-electron chi connectivity index (χ3n) is 2.50. The highest BCUT2D eigenvalue weighted by atomic mass is 19.1. The van der Waals surface area contributed by atoms with Crippen LogP contribution < -0.4 is 0 Å². The standard InChI is InChI=1S/C13H13FO3/c1-3-16-13(15)11(14)10-7-9-6-4-5-8(2)12(9)17-10/h4-7,11H,3H2,1-2H3. The molecule has 4 heteroatoms. The SMILES string of the molecule is CCOC(=O)C(F)c1cc2cccc(C)c2o1. The number of ether oxygens (including phenoxy) is 1. The van der Waals surface area contributed by atoms with Gasteiger partial charge in [-0.05, 0) is 25.5 Å². The summed E-state index contributed by atoms with van der Waals surface area (Å²) in [6.07, 6.45) is -1.86. The molecule has 1 heterocycles. The van der Waals surface area contributed by atoms with Crippen molar-refractivity contribution in [1.82, 2.24) is 0 Å². The van der Waals surface area contributed by atoms with E-state index in [1.165, 1.54) is 6.07 Å². The molecule has 17 heavy (non-hydrogen) atoms. The van der Waals surface area contributed by atoms with Crippen LogP contribution in [0.4, 0.5) is 4.39 Å². The molecule has 2 rings (SSSR count). The number of hydrogen-bond acceptors (Lipinski definition) is 3. The molecule has 0 bridgehead atoms. The molecule has 90 valence electrons. The van der Waals surface area contributed by atoms with Gasteiger partial charge in [0.2, 0.25) is 0 Å². The zero-order valence-electron chi connectivity index (χ0n) is 9.70. The number of furan rings is 1. The van der Waals surface area contributed by atoms with Gasteiger partial charge in [0.15, 0.2) is 5.76 Å². The average Bonchev–Trinajstić information content (AvgIpc) is 2.73. The number of para-hydroxylation sites is 1. The summed E-state index contributed by atoms with van der Waals surface area (Å²) in [7, 11) is 0. The fraction of sp³-hybridized carbons (Fsp3) is 0.308. The number of carbonyl (C=O) groups excluding carboxylic acids is 1. The molecule has 0 N–H and O–H groups in total. The fourth-order valence-corrected chi connectivity index (χ4v) is 1.69. The van der Waals surface area contributed by atoms with E-state index in [1.54, 1.807) is 6.92 Å². The second-order valence-corrected chi connectivity index (χ2v) is 3.76. The first-order valence-electron chi connectivity index (χ1n) is 5.43. The number of rotatable bonds is 3. The largest absolute Gasteiger partial charge is 0.463 e. The number of hydrogen-bond donors (Lipinski definition) is 0. The van der Waals surface area contributed by atoms with E-state index in [1.807, 2.05) is 25.1 Å². The molecule has 1 aromatic carbocycles. The first-order valence-corrected chi connectivity index (χ1v) is 5.43. The Hall–Kier alpha value is -1.84. The van der Waals surface area contributed by atoms with Crippen molar-refractivity contribution in [3.05, 3.63) is 35.6 Å². The molecule has 3 nitrogen and oxygen atoms in total. The van der Waals surface area contributed by atoms with Crippen molar-refractivity contribution in [1.29, 1.82) is 0 Å². The quantitative estimate of drug-likeness (QED) is 0.767. The van der Waals surface area contributed by atoms with Crippen LogP contribution in [0.1, 0.15) is 24.4 Å². The van der Waals surface area contributed by atoms with Crippen LogP contribution in [0.25, 0.3) is 11.0 Å². The van der Waals surface area contributed by atoms with Crippen LogP contribution in [-0.4, -0.2) is 12.6 Å². The summed E-state index contributed by atoms with van der Waals surface area (Å²) < 4.78 is 23.7. The molecular formula is C13H13FO3. The van der Waals surface area contributed by atoms with Gasteiger partial charge in [0, 0.05) is 5.39 Å². The maximum Gasteiger partial charge on any atom is 0.348 e. The molecule has 0 radical (unpaired) electrons. The van der Waals surface area contributed by atoms with Gasteiger partial charge >= 0.3 is 5.97 Å². The summed E-state index contributed by atoms with van der Waals surface area (Å²) in [6, 6.07) is 7.07. The van der Waals surface area contributed by atoms with Gasteiger partial charge in [0.05, 0.1) is 6.61 Å². The van der Waals surface area contributed by atoms with Crippen LogP contribution in [-0.2, 0) is 9.53 Å². The minimum Gasteiger partial charge on any atom is -0.463 e. The van der Waals surface area contributed by atoms with Crippen LogP contribution >= 0.6 is 0 Å². The average molecular weight is 236 g/mol. The van der Waals surface area contributed by atoms with E-state index in [4.69, 9.17) is 4.42 Å². The van der Waals surface area contributed by atoms with E-state index in [2.05, 4.69) is 4.74 Å². The Bertz CT molecular complexity index is 545. The highest BCUT2D eigenvalue weighted by molar-refractivity contribution is 5.83. The van der Waals surface area contributed by atoms with Crippen LogP contribution in [0.5, 0.6) is 0 Å². The Kier molecular flexibility index (Phi) is 3.13. The van der Waals surface area contributed by atoms with Gasteiger partial charge in [-0.3, -0.25) is 0 Å². The normalized spacial score (nSPS) is 12.6. The third kappa shape index (κ3) is 2.16. The van der Waals surface area contributed by atoms with Gasteiger partial charge in [0.25, 0.3) is 6.17 Å². The molecule has 1 unspecified atom stereocenters. The Morgan fingerprint density at radius 3 is 2.94 bits per heavy atom. The Labute approximate surface area is 98.2 Å². The van der Waals surface area contributed by atoms with E-state index >= 15 is 0 Å². The molecule has 0 saturated heterocycles. The van der Waals surface area contributed by atoms with Gasteiger partial charge in [0.1, 0.15) is 5.58 Å². The number of esters is 1. The summed E-state index contributed by atoms with van der Waals surface area (Å²) in [5.41, 5.74) is 1.51. The van der Waals surface area contributed by atoms with Crippen molar-refractivity contribution in [3.63, 3.8) is 0 Å². The van der Waals surface area contributed by atoms with Crippen molar-refractivity contribution >= 4 is 16.9 Å². The molecule has 0 aliphatic heterocycles. The van der Waals surface area contributed by atoms with E-state index in [9.17, 15) is 9.18 Å².